The molecule has 1 aromatic heterocycles. The van der Waals surface area contributed by atoms with Crippen molar-refractivity contribution in [2.24, 2.45) is 0 Å². The molecule has 0 amide bonds. The molecule has 0 unspecified atom stereocenters. The summed E-state index contributed by atoms with van der Waals surface area (Å²) in [7, 11) is -3.61. The number of nitrogens with zero attached hydrogens (tertiary/aromatic N) is 1. The van der Waals surface area contributed by atoms with Crippen molar-refractivity contribution in [2.45, 2.75) is 18.4 Å². The van der Waals surface area contributed by atoms with Crippen molar-refractivity contribution in [2.75, 3.05) is 0 Å². The highest BCUT2D eigenvalue weighted by Gasteiger charge is 2.15. The van der Waals surface area contributed by atoms with Crippen LogP contribution in [-0.2, 0) is 16.6 Å². The van der Waals surface area contributed by atoms with Crippen molar-refractivity contribution in [1.82, 2.24) is 14.7 Å². The Morgan fingerprint density at radius 2 is 2.00 bits per heavy atom. The van der Waals surface area contributed by atoms with E-state index in [1.165, 1.54) is 6.07 Å². The molecule has 3 aromatic rings. The van der Waals surface area contributed by atoms with Crippen LogP contribution in [0.5, 0.6) is 0 Å². The van der Waals surface area contributed by atoms with Gasteiger partial charge in [-0.1, -0.05) is 29.8 Å². The zero-order valence-electron chi connectivity index (χ0n) is 11.8. The van der Waals surface area contributed by atoms with Crippen LogP contribution in [0.2, 0.25) is 5.02 Å². The van der Waals surface area contributed by atoms with Gasteiger partial charge in [0.15, 0.2) is 0 Å². The van der Waals surface area contributed by atoms with Crippen molar-refractivity contribution in [3.05, 3.63) is 58.9 Å². The highest BCUT2D eigenvalue weighted by atomic mass is 35.5. The Labute approximate surface area is 133 Å². The Hall–Kier alpha value is -1.89. The molecule has 0 radical (unpaired) electrons. The van der Waals surface area contributed by atoms with Crippen LogP contribution < -0.4 is 4.72 Å². The highest BCUT2D eigenvalue weighted by molar-refractivity contribution is 7.89. The van der Waals surface area contributed by atoms with Gasteiger partial charge in [0.05, 0.1) is 15.9 Å². The number of fused-ring (bicyclic) bond motifs is 1. The van der Waals surface area contributed by atoms with E-state index >= 15 is 0 Å². The van der Waals surface area contributed by atoms with Crippen molar-refractivity contribution in [3.8, 4) is 0 Å². The molecule has 2 N–H and O–H groups in total. The lowest BCUT2D eigenvalue weighted by Gasteiger charge is -2.08. The maximum Gasteiger partial charge on any atom is 0.240 e. The Morgan fingerprint density at radius 3 is 2.77 bits per heavy atom. The number of sulfonamides is 1. The van der Waals surface area contributed by atoms with Crippen LogP contribution in [0.3, 0.4) is 0 Å². The number of benzene rings is 2. The van der Waals surface area contributed by atoms with Crippen molar-refractivity contribution >= 4 is 32.7 Å². The highest BCUT2D eigenvalue weighted by Crippen LogP contribution is 2.19. The van der Waals surface area contributed by atoms with Crippen LogP contribution in [0.15, 0.2) is 47.4 Å². The zero-order chi connectivity index (χ0) is 15.7. The van der Waals surface area contributed by atoms with E-state index in [0.717, 1.165) is 16.9 Å². The van der Waals surface area contributed by atoms with Crippen LogP contribution in [0.25, 0.3) is 11.0 Å². The third-order valence-corrected chi connectivity index (χ3v) is 5.06. The average Bonchev–Trinajstić information content (AvgIpc) is 2.85. The summed E-state index contributed by atoms with van der Waals surface area (Å²) in [5.74, 6) is 0.744. The molecule has 0 bridgehead atoms. The van der Waals surface area contributed by atoms with Crippen LogP contribution in [0.1, 0.15) is 11.4 Å². The molecule has 3 rings (SSSR count). The summed E-state index contributed by atoms with van der Waals surface area (Å²) in [5, 5.41) is 0.532. The third-order valence-electron chi connectivity index (χ3n) is 3.29. The second-order valence-corrected chi connectivity index (χ2v) is 7.09. The van der Waals surface area contributed by atoms with Gasteiger partial charge in [-0.15, -0.1) is 0 Å². The van der Waals surface area contributed by atoms with Gasteiger partial charge in [-0.25, -0.2) is 18.1 Å². The Balaban J connectivity index is 1.86. The Kier molecular flexibility index (Phi) is 3.90. The van der Waals surface area contributed by atoms with E-state index in [1.807, 2.05) is 13.0 Å². The van der Waals surface area contributed by atoms with Crippen molar-refractivity contribution in [3.63, 3.8) is 0 Å². The average molecular weight is 336 g/mol. The van der Waals surface area contributed by atoms with E-state index in [0.29, 0.717) is 10.5 Å². The van der Waals surface area contributed by atoms with Crippen molar-refractivity contribution in [1.29, 1.82) is 0 Å². The van der Waals surface area contributed by atoms with Gasteiger partial charge in [0.1, 0.15) is 5.82 Å². The number of imidazole rings is 1. The molecule has 5 nitrogen and oxygen atoms in total. The van der Waals surface area contributed by atoms with E-state index in [4.69, 9.17) is 11.6 Å². The molecule has 0 saturated carbocycles. The summed E-state index contributed by atoms with van der Waals surface area (Å²) >= 11 is 6.03. The number of halogens is 1. The number of hydrogen-bond donors (Lipinski definition) is 2. The molecule has 22 heavy (non-hydrogen) atoms. The first-order valence-corrected chi connectivity index (χ1v) is 8.51. The second kappa shape index (κ2) is 5.72. The molecular weight excluding hydrogens is 322 g/mol. The molecule has 0 atom stereocenters. The second-order valence-electron chi connectivity index (χ2n) is 4.92. The maximum absolute atomic E-state index is 12.4. The molecule has 0 spiro atoms. The summed E-state index contributed by atoms with van der Waals surface area (Å²) in [6.45, 7) is 1.96. The molecule has 0 saturated heterocycles. The van der Waals surface area contributed by atoms with Gasteiger partial charge in [-0.3, -0.25) is 0 Å². The van der Waals surface area contributed by atoms with Gasteiger partial charge < -0.3 is 4.98 Å². The Bertz CT molecular complexity index is 935. The van der Waals surface area contributed by atoms with E-state index in [-0.39, 0.29) is 11.4 Å². The van der Waals surface area contributed by atoms with Crippen LogP contribution >= 0.6 is 11.6 Å². The maximum atomic E-state index is 12.4. The number of nitrogens with one attached hydrogen (secondary N) is 2. The zero-order valence-corrected chi connectivity index (χ0v) is 13.4. The minimum atomic E-state index is -3.61. The SMILES string of the molecule is Cc1nc2ccc(S(=O)(=O)NCc3ccccc3Cl)cc2[nH]1. The summed E-state index contributed by atoms with van der Waals surface area (Å²) < 4.78 is 27.3. The molecule has 0 aliphatic rings. The summed E-state index contributed by atoms with van der Waals surface area (Å²) in [6.07, 6.45) is 0. The summed E-state index contributed by atoms with van der Waals surface area (Å²) in [5.41, 5.74) is 2.16. The predicted octanol–water partition coefficient (Wildman–Crippen LogP) is 3.00. The van der Waals surface area contributed by atoms with E-state index in [2.05, 4.69) is 14.7 Å². The van der Waals surface area contributed by atoms with Gasteiger partial charge in [-0.05, 0) is 36.8 Å². The van der Waals surface area contributed by atoms with E-state index in [1.54, 1.807) is 30.3 Å². The molecule has 0 fully saturated rings. The third kappa shape index (κ3) is 2.99. The number of aromatic nitrogens is 2. The minimum Gasteiger partial charge on any atom is -0.342 e. The molecular formula is C15H14ClN3O2S. The summed E-state index contributed by atoms with van der Waals surface area (Å²) in [4.78, 5) is 7.47. The van der Waals surface area contributed by atoms with Gasteiger partial charge in [0.2, 0.25) is 10.0 Å². The van der Waals surface area contributed by atoms with Crippen LogP contribution in [-0.4, -0.2) is 18.4 Å². The number of hydrogen-bond acceptors (Lipinski definition) is 3. The van der Waals surface area contributed by atoms with Gasteiger partial charge in [0, 0.05) is 11.6 Å². The minimum absolute atomic E-state index is 0.141. The lowest BCUT2D eigenvalue weighted by Crippen LogP contribution is -2.23. The summed E-state index contributed by atoms with van der Waals surface area (Å²) in [6, 6.07) is 11.9. The first-order valence-electron chi connectivity index (χ1n) is 6.65. The molecule has 7 heteroatoms. The molecule has 2 aromatic carbocycles. The normalized spacial score (nSPS) is 11.9. The molecule has 0 aliphatic carbocycles. The van der Waals surface area contributed by atoms with Crippen LogP contribution in [0, 0.1) is 6.92 Å². The van der Waals surface area contributed by atoms with Gasteiger partial charge in [-0.2, -0.15) is 0 Å². The first kappa shape index (κ1) is 15.0. The standard InChI is InChI=1S/C15H14ClN3O2S/c1-10-18-14-7-6-12(8-15(14)19-10)22(20,21)17-9-11-4-2-3-5-13(11)16/h2-8,17H,9H2,1H3,(H,18,19). The predicted molar refractivity (Wildman–Crippen MR) is 86.3 cm³/mol. The lowest BCUT2D eigenvalue weighted by atomic mass is 10.2. The fourth-order valence-corrected chi connectivity index (χ4v) is 3.42. The fraction of sp³-hybridized carbons (Fsp3) is 0.133. The van der Waals surface area contributed by atoms with E-state index in [9.17, 15) is 8.42 Å². The van der Waals surface area contributed by atoms with Crippen LogP contribution in [0.4, 0.5) is 0 Å². The molecule has 1 heterocycles. The number of rotatable bonds is 4. The lowest BCUT2D eigenvalue weighted by molar-refractivity contribution is 0.581. The van der Waals surface area contributed by atoms with Gasteiger partial charge in [0.25, 0.3) is 0 Å². The monoisotopic (exact) mass is 335 g/mol. The molecule has 114 valence electrons. The quantitative estimate of drug-likeness (QED) is 0.769. The topological polar surface area (TPSA) is 74.8 Å². The first-order chi connectivity index (χ1) is 10.5. The number of H-pyrrole nitrogens is 1. The number of aromatic amines is 1. The largest absolute Gasteiger partial charge is 0.342 e. The van der Waals surface area contributed by atoms with E-state index < -0.39 is 10.0 Å². The Morgan fingerprint density at radius 1 is 1.23 bits per heavy atom. The van der Waals surface area contributed by atoms with Crippen molar-refractivity contribution < 1.29 is 8.42 Å². The van der Waals surface area contributed by atoms with Gasteiger partial charge >= 0.3 is 0 Å². The smallest absolute Gasteiger partial charge is 0.240 e. The fourth-order valence-electron chi connectivity index (χ4n) is 2.18. The molecule has 0 aliphatic heterocycles. The number of aryl methyl sites for hydroxylation is 1.